The van der Waals surface area contributed by atoms with Gasteiger partial charge >= 0.3 is 5.97 Å². The van der Waals surface area contributed by atoms with E-state index in [1.807, 2.05) is 0 Å². The van der Waals surface area contributed by atoms with Crippen LogP contribution in [0.2, 0.25) is 0 Å². The van der Waals surface area contributed by atoms with E-state index in [2.05, 4.69) is 11.9 Å². The molecule has 1 aromatic rings. The van der Waals surface area contributed by atoms with Gasteiger partial charge in [0.2, 0.25) is 5.91 Å². The lowest BCUT2D eigenvalue weighted by Gasteiger charge is -2.12. The first-order valence-corrected chi connectivity index (χ1v) is 8.62. The Bertz CT molecular complexity index is 709. The van der Waals surface area contributed by atoms with E-state index >= 15 is 0 Å². The number of hydrogen-bond donors (Lipinski definition) is 4. The molecule has 0 aliphatic rings. The number of carboxylic acids is 1. The number of nitrogens with one attached hydrogen (secondary N) is 1. The van der Waals surface area contributed by atoms with Crippen LogP contribution in [0.15, 0.2) is 24.3 Å². The average Bonchev–Trinajstić information content (AvgIpc) is 2.69. The lowest BCUT2D eigenvalue weighted by molar-refractivity contribution is -0.385. The molecule has 0 saturated carbocycles. The minimum absolute atomic E-state index is 0.132. The molecular weight excluding hydrogens is 386 g/mol. The normalized spacial score (nSPS) is 9.66. The third-order valence-electron chi connectivity index (χ3n) is 3.37. The standard InChI is InChI=1S/C14H21N3O6.C4H6O2/c1-22-12-7-10(9-18)11(17(20)21)8-13(12)23-6-2-3-14(19)16-5-4-15;1-3(2)4(5)6/h7-8,18H,2-6,9,15H2,1H3,(H,16,19);1H2,2H3,(H,5,6). The molecule has 0 aliphatic heterocycles. The first-order valence-electron chi connectivity index (χ1n) is 8.62. The zero-order valence-corrected chi connectivity index (χ0v) is 16.5. The number of aliphatic hydroxyl groups is 1. The number of amides is 1. The molecule has 0 fully saturated rings. The fourth-order valence-corrected chi connectivity index (χ4v) is 1.88. The molecule has 1 aromatic carbocycles. The second-order valence-electron chi connectivity index (χ2n) is 5.72. The van der Waals surface area contributed by atoms with Gasteiger partial charge in [-0.1, -0.05) is 6.58 Å². The number of ether oxygens (including phenoxy) is 2. The van der Waals surface area contributed by atoms with Crippen molar-refractivity contribution < 1.29 is 34.2 Å². The van der Waals surface area contributed by atoms with Gasteiger partial charge in [0.25, 0.3) is 5.69 Å². The molecule has 0 aliphatic carbocycles. The number of benzene rings is 1. The second kappa shape index (κ2) is 13.9. The van der Waals surface area contributed by atoms with Crippen molar-refractivity contribution in [2.75, 3.05) is 26.8 Å². The lowest BCUT2D eigenvalue weighted by Crippen LogP contribution is -2.29. The lowest BCUT2D eigenvalue weighted by atomic mass is 10.1. The number of aliphatic carboxylic acids is 1. The minimum atomic E-state index is -0.935. The molecule has 0 radical (unpaired) electrons. The average molecular weight is 413 g/mol. The van der Waals surface area contributed by atoms with Crippen LogP contribution >= 0.6 is 0 Å². The van der Waals surface area contributed by atoms with Crippen LogP contribution < -0.4 is 20.5 Å². The summed E-state index contributed by atoms with van der Waals surface area (Å²) in [6.45, 7) is 5.11. The smallest absolute Gasteiger partial charge is 0.330 e. The van der Waals surface area contributed by atoms with Gasteiger partial charge in [0.15, 0.2) is 11.5 Å². The third kappa shape index (κ3) is 10.1. The molecular formula is C18H27N3O8. The van der Waals surface area contributed by atoms with Gasteiger partial charge < -0.3 is 30.7 Å². The van der Waals surface area contributed by atoms with Crippen molar-refractivity contribution in [2.45, 2.75) is 26.4 Å². The summed E-state index contributed by atoms with van der Waals surface area (Å²) < 4.78 is 10.6. The highest BCUT2D eigenvalue weighted by Crippen LogP contribution is 2.34. The van der Waals surface area contributed by atoms with Crippen LogP contribution in [0, 0.1) is 10.1 Å². The van der Waals surface area contributed by atoms with Crippen molar-refractivity contribution in [3.8, 4) is 11.5 Å². The number of rotatable bonds is 11. The number of carbonyl (C=O) groups excluding carboxylic acids is 1. The van der Waals surface area contributed by atoms with E-state index in [0.29, 0.717) is 19.5 Å². The van der Waals surface area contributed by atoms with Crippen molar-refractivity contribution in [3.05, 3.63) is 40.0 Å². The van der Waals surface area contributed by atoms with E-state index in [4.69, 9.17) is 20.3 Å². The van der Waals surface area contributed by atoms with Crippen LogP contribution in [-0.4, -0.2) is 53.8 Å². The first-order chi connectivity index (χ1) is 13.7. The zero-order valence-electron chi connectivity index (χ0n) is 16.5. The molecule has 11 nitrogen and oxygen atoms in total. The number of nitrogens with zero attached hydrogens (tertiary/aromatic N) is 1. The Hall–Kier alpha value is -3.18. The number of carboxylic acid groups (broad SMARTS) is 1. The summed E-state index contributed by atoms with van der Waals surface area (Å²) in [4.78, 5) is 31.4. The molecule has 1 amide bonds. The molecule has 0 bridgehead atoms. The van der Waals surface area contributed by atoms with E-state index in [1.54, 1.807) is 0 Å². The number of methoxy groups -OCH3 is 1. The van der Waals surface area contributed by atoms with Crippen molar-refractivity contribution >= 4 is 17.6 Å². The highest BCUT2D eigenvalue weighted by molar-refractivity contribution is 5.84. The fraction of sp³-hybridized carbons (Fsp3) is 0.444. The van der Waals surface area contributed by atoms with Gasteiger partial charge in [-0.25, -0.2) is 4.79 Å². The van der Waals surface area contributed by atoms with E-state index in [9.17, 15) is 24.8 Å². The summed E-state index contributed by atoms with van der Waals surface area (Å²) in [6.07, 6.45) is 0.703. The number of nitrogens with two attached hydrogens (primary N) is 1. The largest absolute Gasteiger partial charge is 0.493 e. The van der Waals surface area contributed by atoms with Gasteiger partial charge in [0.1, 0.15) is 0 Å². The van der Waals surface area contributed by atoms with Gasteiger partial charge in [0, 0.05) is 25.1 Å². The maximum Gasteiger partial charge on any atom is 0.330 e. The Balaban J connectivity index is 0.00000113. The van der Waals surface area contributed by atoms with Crippen molar-refractivity contribution in [1.29, 1.82) is 0 Å². The molecule has 0 unspecified atom stereocenters. The topological polar surface area (TPSA) is 174 Å². The number of hydrogen-bond acceptors (Lipinski definition) is 8. The predicted octanol–water partition coefficient (Wildman–Crippen LogP) is 0.977. The summed E-state index contributed by atoms with van der Waals surface area (Å²) in [7, 11) is 1.40. The van der Waals surface area contributed by atoms with Gasteiger partial charge in [0.05, 0.1) is 36.9 Å². The Kier molecular flexibility index (Phi) is 12.4. The number of carbonyl (C=O) groups is 2. The SMILES string of the molecule is C=C(C)C(=O)O.COc1cc(CO)c([N+](=O)[O-])cc1OCCCC(=O)NCCN. The zero-order chi connectivity index (χ0) is 22.4. The van der Waals surface area contributed by atoms with Crippen LogP contribution in [0.1, 0.15) is 25.3 Å². The highest BCUT2D eigenvalue weighted by Gasteiger charge is 2.19. The van der Waals surface area contributed by atoms with E-state index < -0.39 is 17.5 Å². The van der Waals surface area contributed by atoms with Gasteiger partial charge in [-0.3, -0.25) is 14.9 Å². The molecule has 162 valence electrons. The Morgan fingerprint density at radius 3 is 2.41 bits per heavy atom. The Morgan fingerprint density at radius 2 is 1.97 bits per heavy atom. The maximum atomic E-state index is 11.4. The van der Waals surface area contributed by atoms with Crippen LogP contribution in [0.4, 0.5) is 5.69 Å². The Labute approximate surface area is 168 Å². The van der Waals surface area contributed by atoms with Gasteiger partial charge in [-0.2, -0.15) is 0 Å². The monoisotopic (exact) mass is 413 g/mol. The number of aliphatic hydroxyl groups excluding tert-OH is 1. The fourth-order valence-electron chi connectivity index (χ4n) is 1.88. The Morgan fingerprint density at radius 1 is 1.34 bits per heavy atom. The van der Waals surface area contributed by atoms with Gasteiger partial charge in [-0.05, 0) is 19.4 Å². The molecule has 0 saturated heterocycles. The number of nitro benzene ring substituents is 1. The minimum Gasteiger partial charge on any atom is -0.493 e. The second-order valence-corrected chi connectivity index (χ2v) is 5.72. The predicted molar refractivity (Wildman–Crippen MR) is 105 cm³/mol. The van der Waals surface area contributed by atoms with Crippen LogP contribution in [0.3, 0.4) is 0 Å². The summed E-state index contributed by atoms with van der Waals surface area (Å²) in [6, 6.07) is 2.57. The highest BCUT2D eigenvalue weighted by atomic mass is 16.6. The summed E-state index contributed by atoms with van der Waals surface area (Å²) in [5.41, 5.74) is 5.34. The molecule has 0 aromatic heterocycles. The van der Waals surface area contributed by atoms with E-state index in [0.717, 1.165) is 0 Å². The molecule has 0 spiro atoms. The summed E-state index contributed by atoms with van der Waals surface area (Å²) in [5.74, 6) is -0.589. The van der Waals surface area contributed by atoms with Crippen molar-refractivity contribution in [3.63, 3.8) is 0 Å². The van der Waals surface area contributed by atoms with E-state index in [1.165, 1.54) is 26.2 Å². The molecule has 1 rings (SSSR count). The maximum absolute atomic E-state index is 11.4. The van der Waals surface area contributed by atoms with Gasteiger partial charge in [-0.15, -0.1) is 0 Å². The summed E-state index contributed by atoms with van der Waals surface area (Å²) in [5, 5.41) is 30.7. The van der Waals surface area contributed by atoms with Crippen LogP contribution in [0.25, 0.3) is 0 Å². The first kappa shape index (κ1) is 25.8. The third-order valence-corrected chi connectivity index (χ3v) is 3.37. The van der Waals surface area contributed by atoms with Crippen molar-refractivity contribution in [1.82, 2.24) is 5.32 Å². The molecule has 5 N–H and O–H groups in total. The molecule has 0 heterocycles. The molecule has 11 heteroatoms. The summed E-state index contributed by atoms with van der Waals surface area (Å²) >= 11 is 0. The molecule has 29 heavy (non-hydrogen) atoms. The quantitative estimate of drug-likeness (QED) is 0.178. The molecule has 0 atom stereocenters. The van der Waals surface area contributed by atoms with Crippen LogP contribution in [-0.2, 0) is 16.2 Å². The van der Waals surface area contributed by atoms with Crippen LogP contribution in [0.5, 0.6) is 11.5 Å². The number of nitro groups is 1. The van der Waals surface area contributed by atoms with E-state index in [-0.39, 0.29) is 47.3 Å². The van der Waals surface area contributed by atoms with Crippen molar-refractivity contribution in [2.24, 2.45) is 5.73 Å².